The van der Waals surface area contributed by atoms with E-state index in [9.17, 15) is 9.18 Å². The fraction of sp³-hybridized carbons (Fsp3) is 0.615. The predicted octanol–water partition coefficient (Wildman–Crippen LogP) is 1.72. The molecule has 0 spiro atoms. The van der Waals surface area contributed by atoms with Gasteiger partial charge in [-0.05, 0) is 37.8 Å². The first-order chi connectivity index (χ1) is 17.4. The molecule has 1 aliphatic heterocycles. The third-order valence-corrected chi connectivity index (χ3v) is 7.80. The van der Waals surface area contributed by atoms with Crippen molar-refractivity contribution in [2.24, 2.45) is 5.92 Å². The number of carbonyl (C=O) groups excluding carboxylic acids is 1. The minimum absolute atomic E-state index is 0. The maximum atomic E-state index is 14.2. The van der Waals surface area contributed by atoms with Crippen molar-refractivity contribution in [3.63, 3.8) is 0 Å². The Balaban J connectivity index is 0.00000380. The molecule has 204 valence electrons. The van der Waals surface area contributed by atoms with Gasteiger partial charge in [-0.3, -0.25) is 4.48 Å². The Kier molecular flexibility index (Phi) is 10.3. The number of benzene rings is 1. The van der Waals surface area contributed by atoms with Crippen molar-refractivity contribution < 1.29 is 30.8 Å². The number of nitrogens with one attached hydrogen (secondary N) is 3. The molecule has 1 aliphatic carbocycles. The highest BCUT2D eigenvalue weighted by Gasteiger charge is 2.44. The predicted molar refractivity (Wildman–Crippen MR) is 139 cm³/mol. The van der Waals surface area contributed by atoms with Crippen LogP contribution in [-0.2, 0) is 4.79 Å². The third-order valence-electron chi connectivity index (χ3n) is 7.80. The van der Waals surface area contributed by atoms with Gasteiger partial charge >= 0.3 is 5.91 Å². The van der Waals surface area contributed by atoms with Crippen molar-refractivity contribution in [3.05, 3.63) is 24.0 Å². The second-order valence-corrected chi connectivity index (χ2v) is 9.94. The number of halogens is 2. The van der Waals surface area contributed by atoms with Crippen LogP contribution < -0.4 is 33.1 Å². The second-order valence-electron chi connectivity index (χ2n) is 9.94. The summed E-state index contributed by atoms with van der Waals surface area (Å²) < 4.78 is 19.7. The van der Waals surface area contributed by atoms with Gasteiger partial charge in [-0.1, -0.05) is 19.3 Å². The first kappa shape index (κ1) is 28.8. The number of hydrogen-bond acceptors (Lipinski definition) is 8. The van der Waals surface area contributed by atoms with Gasteiger partial charge in [-0.15, -0.1) is 0 Å². The zero-order valence-electron chi connectivity index (χ0n) is 22.0. The van der Waals surface area contributed by atoms with Crippen LogP contribution in [0.4, 0.5) is 27.9 Å². The van der Waals surface area contributed by atoms with Crippen molar-refractivity contribution in [3.8, 4) is 5.75 Å². The molecular weight excluding hydrogens is 497 g/mol. The van der Waals surface area contributed by atoms with E-state index in [4.69, 9.17) is 4.74 Å². The molecule has 1 aromatic heterocycles. The Morgan fingerprint density at radius 3 is 2.32 bits per heavy atom. The SMILES string of the molecule is CC[N+]1(C(C)=O)CCCC1CNc1nc(NCC2CCCCC2)nc(Nc2ccc(OC)c(F)c2)n1.[Cl-]. The molecule has 0 radical (unpaired) electrons. The van der Waals surface area contributed by atoms with Crippen LogP contribution in [0.5, 0.6) is 5.75 Å². The fourth-order valence-corrected chi connectivity index (χ4v) is 5.67. The molecular formula is C26H39ClFN7O2. The summed E-state index contributed by atoms with van der Waals surface area (Å²) in [5, 5.41) is 9.84. The maximum absolute atomic E-state index is 14.2. The molecule has 37 heavy (non-hydrogen) atoms. The second kappa shape index (κ2) is 13.2. The number of nitrogens with zero attached hydrogens (tertiary/aromatic N) is 4. The first-order valence-electron chi connectivity index (χ1n) is 13.2. The summed E-state index contributed by atoms with van der Waals surface area (Å²) in [7, 11) is 1.43. The van der Waals surface area contributed by atoms with Crippen LogP contribution in [0.3, 0.4) is 0 Å². The van der Waals surface area contributed by atoms with E-state index in [2.05, 4.69) is 37.8 Å². The lowest BCUT2D eigenvalue weighted by Gasteiger charge is -2.35. The summed E-state index contributed by atoms with van der Waals surface area (Å²) in [6, 6.07) is 4.80. The number of rotatable bonds is 10. The van der Waals surface area contributed by atoms with Crippen LogP contribution in [0.1, 0.15) is 58.8 Å². The normalized spacial score (nSPS) is 21.7. The number of likely N-dealkylation sites (N-methyl/N-ethyl adjacent to an activating group) is 1. The van der Waals surface area contributed by atoms with Crippen LogP contribution in [-0.4, -0.2) is 64.7 Å². The largest absolute Gasteiger partial charge is 1.00 e. The highest BCUT2D eigenvalue weighted by Crippen LogP contribution is 2.28. The third kappa shape index (κ3) is 6.98. The van der Waals surface area contributed by atoms with E-state index in [0.29, 0.717) is 40.5 Å². The number of amides is 1. The van der Waals surface area contributed by atoms with Crippen molar-refractivity contribution in [2.75, 3.05) is 49.2 Å². The number of quaternary nitrogens is 1. The van der Waals surface area contributed by atoms with Crippen LogP contribution in [0.25, 0.3) is 0 Å². The van der Waals surface area contributed by atoms with Crippen LogP contribution in [0, 0.1) is 11.7 Å². The van der Waals surface area contributed by atoms with Gasteiger partial charge in [0.15, 0.2) is 11.6 Å². The summed E-state index contributed by atoms with van der Waals surface area (Å²) in [5.41, 5.74) is 0.512. The summed E-state index contributed by atoms with van der Waals surface area (Å²) >= 11 is 0. The Bertz CT molecular complexity index is 1050. The monoisotopic (exact) mass is 535 g/mol. The molecule has 2 aromatic rings. The standard InChI is InChI=1S/C26H39FN7O2.ClH/c1-4-34(18(2)35)14-8-11-21(34)17-29-25-31-24(28-16-19-9-6-5-7-10-19)32-26(33-25)30-20-12-13-23(36-3)22(27)15-20;/h12-13,15,19,21H,4-11,14,16-17H2,1-3H3,(H3,28,29,30,31,32,33);1H/q+1;/p-1. The summed E-state index contributed by atoms with van der Waals surface area (Å²) in [4.78, 5) is 26.2. The average Bonchev–Trinajstić information content (AvgIpc) is 3.31. The minimum Gasteiger partial charge on any atom is -1.00 e. The molecule has 2 atom stereocenters. The van der Waals surface area contributed by atoms with E-state index in [0.717, 1.165) is 32.5 Å². The van der Waals surface area contributed by atoms with E-state index in [1.165, 1.54) is 45.3 Å². The van der Waals surface area contributed by atoms with Gasteiger partial charge in [0.2, 0.25) is 17.8 Å². The molecule has 1 aromatic carbocycles. The molecule has 2 unspecified atom stereocenters. The van der Waals surface area contributed by atoms with Gasteiger partial charge in [0, 0.05) is 31.1 Å². The average molecular weight is 536 g/mol. The van der Waals surface area contributed by atoms with Gasteiger partial charge in [0.05, 0.1) is 33.7 Å². The summed E-state index contributed by atoms with van der Waals surface area (Å²) in [6.45, 7) is 6.82. The van der Waals surface area contributed by atoms with Gasteiger partial charge in [-0.2, -0.15) is 15.0 Å². The molecule has 1 saturated carbocycles. The number of ether oxygens (including phenoxy) is 1. The Labute approximate surface area is 225 Å². The lowest BCUT2D eigenvalue weighted by atomic mass is 9.89. The van der Waals surface area contributed by atoms with Crippen LogP contribution in [0.15, 0.2) is 18.2 Å². The number of methoxy groups -OCH3 is 1. The molecule has 11 heteroatoms. The number of aromatic nitrogens is 3. The van der Waals surface area contributed by atoms with Gasteiger partial charge in [0.1, 0.15) is 6.04 Å². The van der Waals surface area contributed by atoms with Crippen molar-refractivity contribution in [1.29, 1.82) is 0 Å². The molecule has 2 fully saturated rings. The topological polar surface area (TPSA) is 101 Å². The molecule has 1 saturated heterocycles. The van der Waals surface area contributed by atoms with Crippen molar-refractivity contribution in [2.45, 2.75) is 64.8 Å². The van der Waals surface area contributed by atoms with Gasteiger partial charge in [-0.25, -0.2) is 9.18 Å². The summed E-state index contributed by atoms with van der Waals surface area (Å²) in [5.74, 6) is 1.74. The van der Waals surface area contributed by atoms with Gasteiger partial charge in [0.25, 0.3) is 0 Å². The van der Waals surface area contributed by atoms with Crippen LogP contribution >= 0.6 is 0 Å². The molecule has 2 heterocycles. The van der Waals surface area contributed by atoms with E-state index < -0.39 is 5.82 Å². The number of anilines is 4. The molecule has 1 amide bonds. The van der Waals surface area contributed by atoms with E-state index >= 15 is 0 Å². The molecule has 9 nitrogen and oxygen atoms in total. The molecule has 4 rings (SSSR count). The lowest BCUT2D eigenvalue weighted by Crippen LogP contribution is -3.00. The zero-order valence-corrected chi connectivity index (χ0v) is 22.8. The molecule has 3 N–H and O–H groups in total. The van der Waals surface area contributed by atoms with Gasteiger partial charge < -0.3 is 33.1 Å². The van der Waals surface area contributed by atoms with E-state index in [1.807, 2.05) is 0 Å². The molecule has 0 bridgehead atoms. The Hall–Kier alpha value is -2.72. The zero-order chi connectivity index (χ0) is 25.5. The van der Waals surface area contributed by atoms with Crippen LogP contribution in [0.2, 0.25) is 0 Å². The maximum Gasteiger partial charge on any atom is 0.310 e. The summed E-state index contributed by atoms with van der Waals surface area (Å²) in [6.07, 6.45) is 8.27. The molecule has 2 aliphatic rings. The lowest BCUT2D eigenvalue weighted by molar-refractivity contribution is -0.862. The number of hydrogen-bond donors (Lipinski definition) is 3. The van der Waals surface area contributed by atoms with E-state index in [-0.39, 0.29) is 30.1 Å². The highest BCUT2D eigenvalue weighted by molar-refractivity contribution is 5.66. The van der Waals surface area contributed by atoms with E-state index in [1.54, 1.807) is 19.1 Å². The first-order valence-corrected chi connectivity index (χ1v) is 13.2. The Morgan fingerprint density at radius 1 is 1.03 bits per heavy atom. The minimum atomic E-state index is -0.468. The number of carbonyl (C=O) groups is 1. The highest BCUT2D eigenvalue weighted by atomic mass is 35.5. The quantitative estimate of drug-likeness (QED) is 0.395. The fourth-order valence-electron chi connectivity index (χ4n) is 5.67. The Morgan fingerprint density at radius 2 is 1.70 bits per heavy atom. The smallest absolute Gasteiger partial charge is 0.310 e. The van der Waals surface area contributed by atoms with Crippen molar-refractivity contribution >= 4 is 29.4 Å². The number of likely N-dealkylation sites (tertiary alicyclic amines) is 1. The van der Waals surface area contributed by atoms with Crippen molar-refractivity contribution in [1.82, 2.24) is 15.0 Å².